The molecular weight excluding hydrogens is 398 g/mol. The number of hydrazone groups is 1. The molecule has 0 saturated heterocycles. The maximum Gasteiger partial charge on any atom is 0.275 e. The van der Waals surface area contributed by atoms with Gasteiger partial charge in [0.2, 0.25) is 0 Å². The van der Waals surface area contributed by atoms with E-state index in [0.717, 1.165) is 33.8 Å². The fourth-order valence-electron chi connectivity index (χ4n) is 3.92. The van der Waals surface area contributed by atoms with Crippen LogP contribution in [-0.4, -0.2) is 21.8 Å². The predicted molar refractivity (Wildman–Crippen MR) is 128 cm³/mol. The largest absolute Gasteiger partial charge is 0.507 e. The van der Waals surface area contributed by atoms with E-state index in [2.05, 4.69) is 33.3 Å². The van der Waals surface area contributed by atoms with Crippen molar-refractivity contribution in [1.29, 1.82) is 0 Å². The van der Waals surface area contributed by atoms with E-state index in [9.17, 15) is 9.90 Å². The molecule has 5 rings (SSSR count). The highest BCUT2D eigenvalue weighted by Crippen LogP contribution is 2.25. The summed E-state index contributed by atoms with van der Waals surface area (Å²) in [6.45, 7) is 0.743. The van der Waals surface area contributed by atoms with Crippen LogP contribution in [0.3, 0.4) is 0 Å². The van der Waals surface area contributed by atoms with E-state index >= 15 is 0 Å². The zero-order valence-corrected chi connectivity index (χ0v) is 17.3. The number of amides is 1. The molecule has 0 saturated carbocycles. The lowest BCUT2D eigenvalue weighted by Gasteiger charge is -2.05. The first-order valence-electron chi connectivity index (χ1n) is 10.4. The molecule has 5 heteroatoms. The van der Waals surface area contributed by atoms with Gasteiger partial charge in [-0.2, -0.15) is 5.10 Å². The molecule has 156 valence electrons. The summed E-state index contributed by atoms with van der Waals surface area (Å²) in [5.41, 5.74) is 5.93. The van der Waals surface area contributed by atoms with Crippen LogP contribution in [0.1, 0.15) is 21.5 Å². The van der Waals surface area contributed by atoms with E-state index in [4.69, 9.17) is 0 Å². The predicted octanol–water partition coefficient (Wildman–Crippen LogP) is 5.31. The third kappa shape index (κ3) is 3.84. The first-order chi connectivity index (χ1) is 15.7. The third-order valence-corrected chi connectivity index (χ3v) is 5.49. The van der Waals surface area contributed by atoms with Crippen LogP contribution in [0.2, 0.25) is 0 Å². The second-order valence-corrected chi connectivity index (χ2v) is 7.63. The van der Waals surface area contributed by atoms with E-state index < -0.39 is 5.91 Å². The molecule has 5 aromatic rings. The summed E-state index contributed by atoms with van der Waals surface area (Å²) < 4.78 is 2.17. The van der Waals surface area contributed by atoms with Gasteiger partial charge in [0.25, 0.3) is 5.91 Å². The van der Waals surface area contributed by atoms with Crippen molar-refractivity contribution in [3.8, 4) is 5.75 Å². The number of nitrogens with zero attached hydrogens (tertiary/aromatic N) is 2. The van der Waals surface area contributed by atoms with Gasteiger partial charge in [-0.05, 0) is 34.5 Å². The Morgan fingerprint density at radius 1 is 0.906 bits per heavy atom. The van der Waals surface area contributed by atoms with E-state index in [1.807, 2.05) is 66.9 Å². The minimum Gasteiger partial charge on any atom is -0.507 e. The number of fused-ring (bicyclic) bond motifs is 2. The lowest BCUT2D eigenvalue weighted by Crippen LogP contribution is -2.17. The molecule has 5 nitrogen and oxygen atoms in total. The number of phenols is 1. The number of hydrogen-bond donors (Lipinski definition) is 2. The second-order valence-electron chi connectivity index (χ2n) is 7.63. The van der Waals surface area contributed by atoms with Crippen molar-refractivity contribution >= 4 is 33.8 Å². The minimum atomic E-state index is -0.461. The van der Waals surface area contributed by atoms with Crippen molar-refractivity contribution in [1.82, 2.24) is 9.99 Å². The van der Waals surface area contributed by atoms with Crippen LogP contribution in [0, 0.1) is 0 Å². The Balaban J connectivity index is 1.39. The average molecular weight is 419 g/mol. The maximum absolute atomic E-state index is 12.6. The highest BCUT2D eigenvalue weighted by molar-refractivity contribution is 6.03. The summed E-state index contributed by atoms with van der Waals surface area (Å²) >= 11 is 0. The van der Waals surface area contributed by atoms with Gasteiger partial charge in [0.15, 0.2) is 0 Å². The summed E-state index contributed by atoms with van der Waals surface area (Å²) in [5, 5.41) is 17.2. The molecule has 32 heavy (non-hydrogen) atoms. The Kier molecular flexibility index (Phi) is 5.14. The van der Waals surface area contributed by atoms with Gasteiger partial charge >= 0.3 is 0 Å². The Labute approximate surface area is 185 Å². The number of rotatable bonds is 5. The Bertz CT molecular complexity index is 1450. The van der Waals surface area contributed by atoms with Gasteiger partial charge in [-0.1, -0.05) is 72.8 Å². The molecule has 0 bridgehead atoms. The molecule has 0 radical (unpaired) electrons. The van der Waals surface area contributed by atoms with Crippen molar-refractivity contribution < 1.29 is 9.90 Å². The number of para-hydroxylation sites is 1. The van der Waals surface area contributed by atoms with E-state index in [-0.39, 0.29) is 11.3 Å². The zero-order chi connectivity index (χ0) is 21.9. The Hall–Kier alpha value is -4.38. The third-order valence-electron chi connectivity index (χ3n) is 5.49. The number of aromatic nitrogens is 1. The number of aromatic hydroxyl groups is 1. The molecule has 0 aliphatic heterocycles. The molecule has 0 fully saturated rings. The molecule has 2 N–H and O–H groups in total. The highest BCUT2D eigenvalue weighted by atomic mass is 16.3. The summed E-state index contributed by atoms with van der Waals surface area (Å²) in [6, 6.07) is 29.2. The van der Waals surface area contributed by atoms with E-state index in [0.29, 0.717) is 0 Å². The molecule has 0 spiro atoms. The first kappa shape index (κ1) is 19.6. The van der Waals surface area contributed by atoms with E-state index in [1.54, 1.807) is 18.3 Å². The quantitative estimate of drug-likeness (QED) is 0.299. The molecule has 1 amide bonds. The summed E-state index contributed by atoms with van der Waals surface area (Å²) in [7, 11) is 0. The molecule has 1 aromatic heterocycles. The summed E-state index contributed by atoms with van der Waals surface area (Å²) in [6.07, 6.45) is 3.67. The van der Waals surface area contributed by atoms with Gasteiger partial charge in [0.1, 0.15) is 5.75 Å². The molecule has 0 aliphatic carbocycles. The normalized spacial score (nSPS) is 11.4. The lowest BCUT2D eigenvalue weighted by molar-refractivity contribution is 0.0952. The SMILES string of the molecule is O=C(NN=Cc1cn(Cc2ccccc2)c2ccccc12)c1cc2ccccc2cc1O. The second kappa shape index (κ2) is 8.40. The van der Waals surface area contributed by atoms with Crippen LogP contribution < -0.4 is 5.43 Å². The van der Waals surface area contributed by atoms with Crippen LogP contribution in [0.4, 0.5) is 0 Å². The standard InChI is InChI=1S/C27H21N3O2/c31-26-15-21-11-5-4-10-20(21)14-24(26)27(32)29-28-16-22-18-30(17-19-8-2-1-3-9-19)25-13-7-6-12-23(22)25/h1-16,18,31H,17H2,(H,29,32). The fourth-order valence-corrected chi connectivity index (χ4v) is 3.92. The van der Waals surface area contributed by atoms with Gasteiger partial charge in [-0.15, -0.1) is 0 Å². The van der Waals surface area contributed by atoms with Crippen molar-refractivity contribution in [2.75, 3.05) is 0 Å². The van der Waals surface area contributed by atoms with Crippen molar-refractivity contribution in [3.05, 3.63) is 114 Å². The van der Waals surface area contributed by atoms with Crippen LogP contribution in [-0.2, 0) is 6.54 Å². The monoisotopic (exact) mass is 419 g/mol. The van der Waals surface area contributed by atoms with Crippen LogP contribution >= 0.6 is 0 Å². The maximum atomic E-state index is 12.6. The van der Waals surface area contributed by atoms with E-state index in [1.165, 1.54) is 5.56 Å². The minimum absolute atomic E-state index is 0.0733. The van der Waals surface area contributed by atoms with Crippen LogP contribution in [0.5, 0.6) is 5.75 Å². The molecule has 0 unspecified atom stereocenters. The number of phenolic OH excluding ortho intramolecular Hbond substituents is 1. The van der Waals surface area contributed by atoms with Gasteiger partial charge in [0.05, 0.1) is 11.8 Å². The van der Waals surface area contributed by atoms with Crippen molar-refractivity contribution in [3.63, 3.8) is 0 Å². The Morgan fingerprint density at radius 2 is 1.59 bits per heavy atom. The van der Waals surface area contributed by atoms with Crippen LogP contribution in [0.25, 0.3) is 21.7 Å². The van der Waals surface area contributed by atoms with Crippen LogP contribution in [0.15, 0.2) is 102 Å². The molecule has 1 heterocycles. The Morgan fingerprint density at radius 3 is 2.41 bits per heavy atom. The fraction of sp³-hybridized carbons (Fsp3) is 0.0370. The van der Waals surface area contributed by atoms with Gasteiger partial charge < -0.3 is 9.67 Å². The number of hydrogen-bond acceptors (Lipinski definition) is 3. The topological polar surface area (TPSA) is 66.6 Å². The zero-order valence-electron chi connectivity index (χ0n) is 17.3. The number of benzene rings is 4. The average Bonchev–Trinajstić information content (AvgIpc) is 3.16. The van der Waals surface area contributed by atoms with Gasteiger partial charge in [0, 0.05) is 29.2 Å². The number of carbonyl (C=O) groups excluding carboxylic acids is 1. The van der Waals surface area contributed by atoms with Crippen molar-refractivity contribution in [2.24, 2.45) is 5.10 Å². The van der Waals surface area contributed by atoms with Gasteiger partial charge in [-0.25, -0.2) is 5.43 Å². The lowest BCUT2D eigenvalue weighted by atomic mass is 10.1. The van der Waals surface area contributed by atoms with Gasteiger partial charge in [-0.3, -0.25) is 4.79 Å². The molecule has 4 aromatic carbocycles. The van der Waals surface area contributed by atoms with Crippen molar-refractivity contribution in [2.45, 2.75) is 6.54 Å². The highest BCUT2D eigenvalue weighted by Gasteiger charge is 2.12. The molecular formula is C27H21N3O2. The smallest absolute Gasteiger partial charge is 0.275 e. The number of nitrogens with one attached hydrogen (secondary N) is 1. The summed E-state index contributed by atoms with van der Waals surface area (Å²) in [4.78, 5) is 12.6. The molecule has 0 atom stereocenters. The first-order valence-corrected chi connectivity index (χ1v) is 10.4. The summed E-state index contributed by atoms with van der Waals surface area (Å²) in [5.74, 6) is -0.534. The number of carbonyl (C=O) groups is 1. The molecule has 0 aliphatic rings.